The first-order valence-corrected chi connectivity index (χ1v) is 13.7. The third kappa shape index (κ3) is 6.04. The monoisotopic (exact) mass is 479 g/mol. The molecule has 31 heavy (non-hydrogen) atoms. The van der Waals surface area contributed by atoms with Crippen molar-refractivity contribution in [1.82, 2.24) is 4.90 Å². The maximum absolute atomic E-state index is 13.3. The number of thioether (sulfide) groups is 1. The van der Waals surface area contributed by atoms with Crippen molar-refractivity contribution in [3.8, 4) is 0 Å². The Balaban J connectivity index is 1.43. The van der Waals surface area contributed by atoms with Gasteiger partial charge >= 0.3 is 0 Å². The van der Waals surface area contributed by atoms with Crippen LogP contribution in [0.25, 0.3) is 0 Å². The van der Waals surface area contributed by atoms with Crippen molar-refractivity contribution in [2.45, 2.75) is 42.1 Å². The number of amides is 1. The first-order chi connectivity index (χ1) is 14.9. The van der Waals surface area contributed by atoms with Gasteiger partial charge in [0.15, 0.2) is 9.84 Å². The van der Waals surface area contributed by atoms with Gasteiger partial charge in [-0.25, -0.2) is 8.42 Å². The minimum atomic E-state index is -3.08. The largest absolute Gasteiger partial charge is 0.376 e. The van der Waals surface area contributed by atoms with E-state index >= 15 is 0 Å². The summed E-state index contributed by atoms with van der Waals surface area (Å²) < 4.78 is 29.8. The number of rotatable bonds is 7. The standard InChI is InChI=1S/C23H26ClNO4S2/c24-19-7-9-22(10-8-19)30-15-17-3-5-18(6-4-17)23(26)25(14-21-2-1-12-29-21)20-11-13-31(27,28)16-20/h3-10,20-21H,1-2,11-16H2/t20-,21-/m1/s1. The van der Waals surface area contributed by atoms with Crippen LogP contribution in [0.2, 0.25) is 5.02 Å². The minimum Gasteiger partial charge on any atom is -0.376 e. The van der Waals surface area contributed by atoms with Crippen LogP contribution in [0.5, 0.6) is 0 Å². The van der Waals surface area contributed by atoms with Gasteiger partial charge < -0.3 is 9.64 Å². The number of hydrogen-bond acceptors (Lipinski definition) is 5. The van der Waals surface area contributed by atoms with E-state index in [0.29, 0.717) is 25.1 Å². The van der Waals surface area contributed by atoms with E-state index in [1.807, 2.05) is 48.5 Å². The molecule has 2 aromatic rings. The summed E-state index contributed by atoms with van der Waals surface area (Å²) in [6.45, 7) is 1.16. The zero-order chi connectivity index (χ0) is 21.8. The molecule has 2 aliphatic rings. The normalized spacial score (nSPS) is 22.5. The molecule has 0 aromatic heterocycles. The van der Waals surface area contributed by atoms with Crippen LogP contribution < -0.4 is 0 Å². The molecule has 0 saturated carbocycles. The van der Waals surface area contributed by atoms with E-state index in [4.69, 9.17) is 16.3 Å². The van der Waals surface area contributed by atoms with Gasteiger partial charge in [0.05, 0.1) is 17.6 Å². The predicted molar refractivity (Wildman–Crippen MR) is 125 cm³/mol. The molecule has 2 fully saturated rings. The van der Waals surface area contributed by atoms with Crippen molar-refractivity contribution < 1.29 is 17.9 Å². The molecule has 0 N–H and O–H groups in total. The molecule has 5 nitrogen and oxygen atoms in total. The zero-order valence-corrected chi connectivity index (χ0v) is 19.6. The maximum Gasteiger partial charge on any atom is 0.254 e. The molecule has 0 unspecified atom stereocenters. The lowest BCUT2D eigenvalue weighted by Crippen LogP contribution is -2.45. The van der Waals surface area contributed by atoms with E-state index in [1.54, 1.807) is 16.7 Å². The summed E-state index contributed by atoms with van der Waals surface area (Å²) in [5.74, 6) is 0.862. The third-order valence-corrected chi connectivity index (χ3v) is 8.84. The predicted octanol–water partition coefficient (Wildman–Crippen LogP) is 4.44. The molecule has 2 aromatic carbocycles. The van der Waals surface area contributed by atoms with Crippen molar-refractivity contribution in [3.63, 3.8) is 0 Å². The molecule has 2 heterocycles. The van der Waals surface area contributed by atoms with Gasteiger partial charge in [0, 0.05) is 40.4 Å². The number of sulfone groups is 1. The summed E-state index contributed by atoms with van der Waals surface area (Å²) >= 11 is 7.64. The Labute approximate surface area is 193 Å². The number of carbonyl (C=O) groups is 1. The van der Waals surface area contributed by atoms with Crippen molar-refractivity contribution in [3.05, 3.63) is 64.7 Å². The lowest BCUT2D eigenvalue weighted by Gasteiger charge is -2.30. The zero-order valence-electron chi connectivity index (χ0n) is 17.2. The summed E-state index contributed by atoms with van der Waals surface area (Å²) in [6, 6.07) is 15.1. The van der Waals surface area contributed by atoms with Gasteiger partial charge in [0.1, 0.15) is 0 Å². The lowest BCUT2D eigenvalue weighted by atomic mass is 10.1. The maximum atomic E-state index is 13.3. The minimum absolute atomic E-state index is 0.0118. The van der Waals surface area contributed by atoms with Crippen LogP contribution in [-0.2, 0) is 20.3 Å². The second kappa shape index (κ2) is 9.94. The van der Waals surface area contributed by atoms with Crippen molar-refractivity contribution in [2.75, 3.05) is 24.7 Å². The molecule has 2 atom stereocenters. The van der Waals surface area contributed by atoms with Crippen molar-refractivity contribution in [1.29, 1.82) is 0 Å². The number of hydrogen-bond donors (Lipinski definition) is 0. The second-order valence-electron chi connectivity index (χ2n) is 8.09. The molecule has 2 aliphatic heterocycles. The molecular weight excluding hydrogens is 454 g/mol. The Morgan fingerprint density at radius 1 is 1.10 bits per heavy atom. The van der Waals surface area contributed by atoms with E-state index in [1.165, 1.54) is 0 Å². The van der Waals surface area contributed by atoms with Gasteiger partial charge in [0.25, 0.3) is 5.91 Å². The van der Waals surface area contributed by atoms with Crippen LogP contribution in [0.3, 0.4) is 0 Å². The number of carbonyl (C=O) groups excluding carboxylic acids is 1. The summed E-state index contributed by atoms with van der Waals surface area (Å²) in [7, 11) is -3.08. The summed E-state index contributed by atoms with van der Waals surface area (Å²) in [4.78, 5) is 16.2. The van der Waals surface area contributed by atoms with E-state index in [-0.39, 0.29) is 29.6 Å². The van der Waals surface area contributed by atoms with Crippen LogP contribution in [0.15, 0.2) is 53.4 Å². The van der Waals surface area contributed by atoms with Gasteiger partial charge in [-0.3, -0.25) is 4.79 Å². The molecule has 0 bridgehead atoms. The van der Waals surface area contributed by atoms with Gasteiger partial charge in [-0.05, 0) is 61.2 Å². The average molecular weight is 480 g/mol. The molecule has 8 heteroatoms. The van der Waals surface area contributed by atoms with Gasteiger partial charge in [-0.15, -0.1) is 11.8 Å². The highest BCUT2D eigenvalue weighted by Gasteiger charge is 2.36. The van der Waals surface area contributed by atoms with Gasteiger partial charge in [0.2, 0.25) is 0 Å². The van der Waals surface area contributed by atoms with Crippen LogP contribution in [-0.4, -0.2) is 56.0 Å². The fraction of sp³-hybridized carbons (Fsp3) is 0.435. The lowest BCUT2D eigenvalue weighted by molar-refractivity contribution is 0.0441. The topological polar surface area (TPSA) is 63.7 Å². The summed E-state index contributed by atoms with van der Waals surface area (Å²) in [5, 5.41) is 0.717. The van der Waals surface area contributed by atoms with E-state index in [0.717, 1.165) is 34.1 Å². The Bertz CT molecular complexity index is 1000. The molecule has 4 rings (SSSR count). The van der Waals surface area contributed by atoms with Crippen LogP contribution in [0.1, 0.15) is 35.2 Å². The van der Waals surface area contributed by atoms with Crippen LogP contribution in [0, 0.1) is 0 Å². The highest BCUT2D eigenvalue weighted by Crippen LogP contribution is 2.26. The summed E-state index contributed by atoms with van der Waals surface area (Å²) in [6.07, 6.45) is 2.37. The SMILES string of the molecule is O=C(c1ccc(CSc2ccc(Cl)cc2)cc1)N(C[C@H]1CCCO1)[C@@H]1CCS(=O)(=O)C1. The van der Waals surface area contributed by atoms with E-state index in [2.05, 4.69) is 0 Å². The average Bonchev–Trinajstić information content (AvgIpc) is 3.40. The molecule has 1 amide bonds. The highest BCUT2D eigenvalue weighted by atomic mass is 35.5. The van der Waals surface area contributed by atoms with Crippen molar-refractivity contribution in [2.24, 2.45) is 0 Å². The van der Waals surface area contributed by atoms with Crippen molar-refractivity contribution >= 4 is 39.1 Å². The first-order valence-electron chi connectivity index (χ1n) is 10.5. The molecule has 0 spiro atoms. The third-order valence-electron chi connectivity index (χ3n) is 5.75. The van der Waals surface area contributed by atoms with Gasteiger partial charge in [-0.1, -0.05) is 23.7 Å². The van der Waals surface area contributed by atoms with Crippen LogP contribution in [0.4, 0.5) is 0 Å². The molecule has 166 valence electrons. The number of benzene rings is 2. The Kier molecular flexibility index (Phi) is 7.26. The Hall–Kier alpha value is -1.54. The fourth-order valence-electron chi connectivity index (χ4n) is 4.03. The first kappa shape index (κ1) is 22.6. The molecule has 2 saturated heterocycles. The number of ether oxygens (including phenoxy) is 1. The molecule has 0 radical (unpaired) electrons. The van der Waals surface area contributed by atoms with Gasteiger partial charge in [-0.2, -0.15) is 0 Å². The van der Waals surface area contributed by atoms with E-state index in [9.17, 15) is 13.2 Å². The molecule has 0 aliphatic carbocycles. The molecular formula is C23H26ClNO4S2. The fourth-order valence-corrected chi connectivity index (χ4v) is 6.74. The number of halogens is 1. The summed E-state index contributed by atoms with van der Waals surface area (Å²) in [5.41, 5.74) is 1.70. The quantitative estimate of drug-likeness (QED) is 0.549. The second-order valence-corrected chi connectivity index (χ2v) is 11.8. The van der Waals surface area contributed by atoms with E-state index < -0.39 is 9.84 Å². The Morgan fingerprint density at radius 2 is 1.84 bits per heavy atom. The highest BCUT2D eigenvalue weighted by molar-refractivity contribution is 7.98. The smallest absolute Gasteiger partial charge is 0.254 e. The number of nitrogens with zero attached hydrogens (tertiary/aromatic N) is 1. The van der Waals surface area contributed by atoms with Crippen LogP contribution >= 0.6 is 23.4 Å². The Morgan fingerprint density at radius 3 is 2.45 bits per heavy atom.